The molecule has 1 fully saturated rings. The third-order valence-electron chi connectivity index (χ3n) is 5.52. The fourth-order valence-corrected chi connectivity index (χ4v) is 5.63. The normalized spacial score (nSPS) is 17.6. The lowest BCUT2D eigenvalue weighted by Crippen LogP contribution is -2.38. The van der Waals surface area contributed by atoms with Gasteiger partial charge in [-0.05, 0) is 61.4 Å². The van der Waals surface area contributed by atoms with Crippen molar-refractivity contribution >= 4 is 21.6 Å². The molecule has 1 saturated heterocycles. The molecular formula is C23H30N2O3S. The van der Waals surface area contributed by atoms with Gasteiger partial charge in [0.25, 0.3) is 5.91 Å². The lowest BCUT2D eigenvalue weighted by molar-refractivity contribution is 0.0934. The molecule has 1 N–H and O–H groups in total. The van der Waals surface area contributed by atoms with Gasteiger partial charge in [-0.3, -0.25) is 9.10 Å². The van der Waals surface area contributed by atoms with Crippen molar-refractivity contribution in [1.82, 2.24) is 5.32 Å². The van der Waals surface area contributed by atoms with Gasteiger partial charge in [0.2, 0.25) is 10.0 Å². The van der Waals surface area contributed by atoms with Crippen LogP contribution in [0.15, 0.2) is 54.6 Å². The summed E-state index contributed by atoms with van der Waals surface area (Å²) in [4.78, 5) is 12.6. The number of carbonyl (C=O) groups excluding carboxylic acids is 1. The van der Waals surface area contributed by atoms with Crippen LogP contribution >= 0.6 is 0 Å². The molecular weight excluding hydrogens is 384 g/mol. The van der Waals surface area contributed by atoms with Gasteiger partial charge in [0.05, 0.1) is 11.4 Å². The van der Waals surface area contributed by atoms with Crippen molar-refractivity contribution in [2.24, 2.45) is 0 Å². The fourth-order valence-electron chi connectivity index (χ4n) is 3.99. The lowest BCUT2D eigenvalue weighted by atomic mass is 9.79. The number of sulfonamides is 1. The molecule has 6 heteroatoms. The second-order valence-electron chi connectivity index (χ2n) is 8.47. The van der Waals surface area contributed by atoms with E-state index >= 15 is 0 Å². The number of hydrogen-bond donors (Lipinski definition) is 1. The van der Waals surface area contributed by atoms with Gasteiger partial charge < -0.3 is 5.32 Å². The summed E-state index contributed by atoms with van der Waals surface area (Å²) in [6.07, 6.45) is 2.37. The third-order valence-corrected chi connectivity index (χ3v) is 7.39. The maximum Gasteiger partial charge on any atom is 0.251 e. The Bertz CT molecular complexity index is 938. The van der Waals surface area contributed by atoms with Gasteiger partial charge >= 0.3 is 0 Å². The lowest BCUT2D eigenvalue weighted by Gasteiger charge is -2.29. The molecule has 156 valence electrons. The van der Waals surface area contributed by atoms with Crippen LogP contribution in [0.25, 0.3) is 0 Å². The molecule has 3 rings (SSSR count). The predicted molar refractivity (Wildman–Crippen MR) is 118 cm³/mol. The molecule has 1 heterocycles. The molecule has 0 aromatic heterocycles. The highest BCUT2D eigenvalue weighted by atomic mass is 32.2. The largest absolute Gasteiger partial charge is 0.350 e. The maximum atomic E-state index is 12.6. The molecule has 0 radical (unpaired) electrons. The Morgan fingerprint density at radius 2 is 1.72 bits per heavy atom. The molecule has 0 bridgehead atoms. The van der Waals surface area contributed by atoms with E-state index in [0.717, 1.165) is 12.8 Å². The van der Waals surface area contributed by atoms with E-state index in [1.807, 2.05) is 25.1 Å². The summed E-state index contributed by atoms with van der Waals surface area (Å²) < 4.78 is 25.9. The molecule has 2 aromatic carbocycles. The molecule has 1 aliphatic heterocycles. The van der Waals surface area contributed by atoms with Gasteiger partial charge in [-0.1, -0.05) is 44.2 Å². The minimum absolute atomic E-state index is 0.000134. The van der Waals surface area contributed by atoms with E-state index in [0.29, 0.717) is 24.2 Å². The molecule has 5 nitrogen and oxygen atoms in total. The zero-order valence-corrected chi connectivity index (χ0v) is 18.2. The van der Waals surface area contributed by atoms with Crippen LogP contribution in [0.5, 0.6) is 0 Å². The first-order valence-corrected chi connectivity index (χ1v) is 11.8. The Hall–Kier alpha value is -2.34. The highest BCUT2D eigenvalue weighted by Gasteiger charge is 2.27. The smallest absolute Gasteiger partial charge is 0.251 e. The number of nitrogens with zero attached hydrogens (tertiary/aromatic N) is 1. The molecule has 1 amide bonds. The van der Waals surface area contributed by atoms with E-state index in [1.165, 1.54) is 9.87 Å². The number of benzene rings is 2. The second-order valence-corrected chi connectivity index (χ2v) is 10.5. The summed E-state index contributed by atoms with van der Waals surface area (Å²) in [6, 6.07) is 17.1. The molecule has 29 heavy (non-hydrogen) atoms. The summed E-state index contributed by atoms with van der Waals surface area (Å²) in [6.45, 7) is 6.87. The number of rotatable bonds is 6. The Balaban J connectivity index is 1.63. The number of hydrogen-bond acceptors (Lipinski definition) is 3. The van der Waals surface area contributed by atoms with Crippen molar-refractivity contribution < 1.29 is 13.2 Å². The van der Waals surface area contributed by atoms with Crippen molar-refractivity contribution in [2.45, 2.75) is 51.5 Å². The van der Waals surface area contributed by atoms with E-state index in [-0.39, 0.29) is 23.1 Å². The minimum Gasteiger partial charge on any atom is -0.350 e. The standard InChI is InChI=1S/C23H30N2O3S/c1-18(17-23(2,3)20-9-5-4-6-10-20)24-22(26)19-11-13-21(14-12-19)25-15-7-8-16-29(25,27)28/h4-6,9-14,18H,7-8,15-17H2,1-3H3,(H,24,26). The summed E-state index contributed by atoms with van der Waals surface area (Å²) in [5, 5.41) is 3.07. The molecule has 1 atom stereocenters. The van der Waals surface area contributed by atoms with E-state index in [4.69, 9.17) is 0 Å². The molecule has 2 aromatic rings. The van der Waals surface area contributed by atoms with Crippen LogP contribution in [0.4, 0.5) is 5.69 Å². The summed E-state index contributed by atoms with van der Waals surface area (Å²) in [5.74, 6) is 0.0404. The number of anilines is 1. The van der Waals surface area contributed by atoms with Crippen molar-refractivity contribution in [3.8, 4) is 0 Å². The first-order chi connectivity index (χ1) is 13.7. The molecule has 0 spiro atoms. The van der Waals surface area contributed by atoms with Crippen LogP contribution in [0.2, 0.25) is 0 Å². The molecule has 0 aliphatic carbocycles. The number of nitrogens with one attached hydrogen (secondary N) is 1. The highest BCUT2D eigenvalue weighted by molar-refractivity contribution is 7.92. The Kier molecular flexibility index (Phi) is 6.32. The van der Waals surface area contributed by atoms with Gasteiger partial charge in [-0.2, -0.15) is 0 Å². The molecule has 1 aliphatic rings. The van der Waals surface area contributed by atoms with E-state index < -0.39 is 10.0 Å². The summed E-state index contributed by atoms with van der Waals surface area (Å²) >= 11 is 0. The average molecular weight is 415 g/mol. The van der Waals surface area contributed by atoms with Crippen molar-refractivity contribution in [1.29, 1.82) is 0 Å². The van der Waals surface area contributed by atoms with Gasteiger partial charge in [0, 0.05) is 18.2 Å². The minimum atomic E-state index is -3.24. The Labute approximate surface area is 174 Å². The fraction of sp³-hybridized carbons (Fsp3) is 0.435. The maximum absolute atomic E-state index is 12.6. The van der Waals surface area contributed by atoms with E-state index in [1.54, 1.807) is 24.3 Å². The molecule has 1 unspecified atom stereocenters. The molecule has 0 saturated carbocycles. The van der Waals surface area contributed by atoms with E-state index in [9.17, 15) is 13.2 Å². The first kappa shape index (κ1) is 21.4. The highest BCUT2D eigenvalue weighted by Crippen LogP contribution is 2.28. The van der Waals surface area contributed by atoms with Crippen molar-refractivity contribution in [3.05, 3.63) is 65.7 Å². The Morgan fingerprint density at radius 1 is 1.07 bits per heavy atom. The van der Waals surface area contributed by atoms with Crippen LogP contribution in [0.1, 0.15) is 56.0 Å². The van der Waals surface area contributed by atoms with Crippen LogP contribution in [-0.2, 0) is 15.4 Å². The van der Waals surface area contributed by atoms with E-state index in [2.05, 4.69) is 31.3 Å². The zero-order valence-electron chi connectivity index (χ0n) is 17.4. The van der Waals surface area contributed by atoms with Crippen LogP contribution in [0, 0.1) is 0 Å². The predicted octanol–water partition coefficient (Wildman–Crippen LogP) is 4.10. The monoisotopic (exact) mass is 414 g/mol. The number of carbonyl (C=O) groups is 1. The summed E-state index contributed by atoms with van der Waals surface area (Å²) in [5.41, 5.74) is 2.35. The van der Waals surface area contributed by atoms with Gasteiger partial charge in [-0.15, -0.1) is 0 Å². The van der Waals surface area contributed by atoms with Crippen molar-refractivity contribution in [3.63, 3.8) is 0 Å². The van der Waals surface area contributed by atoms with Gasteiger partial charge in [0.1, 0.15) is 0 Å². The topological polar surface area (TPSA) is 66.5 Å². The zero-order chi connectivity index (χ0) is 21.1. The SMILES string of the molecule is CC(CC(C)(C)c1ccccc1)NC(=O)c1ccc(N2CCCCS2(=O)=O)cc1. The van der Waals surface area contributed by atoms with Crippen molar-refractivity contribution in [2.75, 3.05) is 16.6 Å². The first-order valence-electron chi connectivity index (χ1n) is 10.2. The van der Waals surface area contributed by atoms with Gasteiger partial charge in [0.15, 0.2) is 0 Å². The average Bonchev–Trinajstić information content (AvgIpc) is 2.68. The van der Waals surface area contributed by atoms with Gasteiger partial charge in [-0.25, -0.2) is 8.42 Å². The summed E-state index contributed by atoms with van der Waals surface area (Å²) in [7, 11) is -3.24. The quantitative estimate of drug-likeness (QED) is 0.774. The Morgan fingerprint density at radius 3 is 2.34 bits per heavy atom. The van der Waals surface area contributed by atoms with Crippen LogP contribution < -0.4 is 9.62 Å². The number of amides is 1. The second kappa shape index (κ2) is 8.57. The van der Waals surface area contributed by atoms with Crippen LogP contribution in [0.3, 0.4) is 0 Å². The van der Waals surface area contributed by atoms with Crippen LogP contribution in [-0.4, -0.2) is 32.7 Å². The third kappa shape index (κ3) is 5.18.